The maximum atomic E-state index is 12.2. The van der Waals surface area contributed by atoms with Gasteiger partial charge in [0.1, 0.15) is 0 Å². The zero-order valence-corrected chi connectivity index (χ0v) is 23.2. The number of pyridine rings is 1. The van der Waals surface area contributed by atoms with Gasteiger partial charge in [0.25, 0.3) is 5.56 Å². The average molecular weight is 496 g/mol. The fourth-order valence-electron chi connectivity index (χ4n) is 10.6. The van der Waals surface area contributed by atoms with Crippen molar-refractivity contribution in [3.05, 3.63) is 34.2 Å². The van der Waals surface area contributed by atoms with Crippen LogP contribution in [0.25, 0.3) is 0 Å². The van der Waals surface area contributed by atoms with Crippen LogP contribution in [0.15, 0.2) is 23.1 Å². The fraction of sp³-hybridized carbons (Fsp3) is 0.812. The van der Waals surface area contributed by atoms with Crippen LogP contribution in [-0.4, -0.2) is 15.6 Å². The highest BCUT2D eigenvalue weighted by Crippen LogP contribution is 2.69. The van der Waals surface area contributed by atoms with Crippen molar-refractivity contribution in [1.29, 1.82) is 0 Å². The van der Waals surface area contributed by atoms with Crippen LogP contribution in [0.4, 0.5) is 0 Å². The highest BCUT2D eigenvalue weighted by Gasteiger charge is 2.61. The van der Waals surface area contributed by atoms with Gasteiger partial charge in [-0.1, -0.05) is 47.0 Å². The standard InChI is InChI=1S/C32H49NO3/c1-5-22-19-24-27-13-12-25(21(2)9-8-18-33-20-23(30(35)36)11-14-29(33)34)32(27,4)17-15-28(24)31(3)16-7-6-10-26(22)31/h11,14,20-22,24-28H,5-10,12-13,15-19H2,1-4H3,(H,35,36)/t21-,22+,24+,25-,26+,27+,28+,31+,32-/m1/s1. The zero-order valence-electron chi connectivity index (χ0n) is 23.2. The highest BCUT2D eigenvalue weighted by atomic mass is 16.4. The van der Waals surface area contributed by atoms with Crippen molar-refractivity contribution in [2.45, 2.75) is 111 Å². The number of hydrogen-bond donors (Lipinski definition) is 1. The van der Waals surface area contributed by atoms with Crippen LogP contribution >= 0.6 is 0 Å². The Kier molecular flexibility index (Phi) is 7.20. The van der Waals surface area contributed by atoms with E-state index in [-0.39, 0.29) is 11.1 Å². The van der Waals surface area contributed by atoms with Crippen LogP contribution in [0.5, 0.6) is 0 Å². The van der Waals surface area contributed by atoms with E-state index < -0.39 is 5.97 Å². The van der Waals surface area contributed by atoms with Gasteiger partial charge in [-0.05, 0) is 116 Å². The first-order valence-electron chi connectivity index (χ1n) is 15.1. The number of carboxylic acid groups (broad SMARTS) is 1. The van der Waals surface area contributed by atoms with Crippen molar-refractivity contribution in [3.63, 3.8) is 0 Å². The van der Waals surface area contributed by atoms with Crippen LogP contribution in [0.2, 0.25) is 0 Å². The number of fused-ring (bicyclic) bond motifs is 5. The molecule has 1 N–H and O–H groups in total. The lowest BCUT2D eigenvalue weighted by Gasteiger charge is -2.63. The minimum Gasteiger partial charge on any atom is -0.478 e. The Labute approximate surface area is 218 Å². The lowest BCUT2D eigenvalue weighted by Crippen LogP contribution is -2.55. The number of carboxylic acids is 1. The van der Waals surface area contributed by atoms with E-state index in [1.54, 1.807) is 4.57 Å². The first-order chi connectivity index (χ1) is 17.2. The Morgan fingerprint density at radius 1 is 1.06 bits per heavy atom. The van der Waals surface area contributed by atoms with Gasteiger partial charge in [0.2, 0.25) is 0 Å². The Balaban J connectivity index is 1.26. The molecule has 1 heterocycles. The third kappa shape index (κ3) is 4.29. The minimum absolute atomic E-state index is 0.101. The molecule has 0 unspecified atom stereocenters. The summed E-state index contributed by atoms with van der Waals surface area (Å²) in [5.74, 6) is 5.15. The van der Waals surface area contributed by atoms with Crippen LogP contribution in [0.1, 0.15) is 115 Å². The first kappa shape index (κ1) is 26.0. The second kappa shape index (κ2) is 9.95. The van der Waals surface area contributed by atoms with E-state index in [0.29, 0.717) is 23.3 Å². The van der Waals surface area contributed by atoms with Crippen molar-refractivity contribution < 1.29 is 9.90 Å². The molecule has 0 spiro atoms. The molecule has 0 radical (unpaired) electrons. The van der Waals surface area contributed by atoms with Gasteiger partial charge in [0, 0.05) is 18.8 Å². The lowest BCUT2D eigenvalue weighted by molar-refractivity contribution is -0.138. The largest absolute Gasteiger partial charge is 0.478 e. The van der Waals surface area contributed by atoms with Crippen LogP contribution in [0, 0.1) is 52.3 Å². The molecule has 4 saturated carbocycles. The molecule has 0 saturated heterocycles. The van der Waals surface area contributed by atoms with Crippen LogP contribution in [-0.2, 0) is 6.54 Å². The summed E-state index contributed by atoms with van der Waals surface area (Å²) >= 11 is 0. The van der Waals surface area contributed by atoms with Crippen LogP contribution < -0.4 is 5.56 Å². The average Bonchev–Trinajstić information content (AvgIpc) is 3.21. The summed E-state index contributed by atoms with van der Waals surface area (Å²) in [4.78, 5) is 23.6. The van der Waals surface area contributed by atoms with Crippen LogP contribution in [0.3, 0.4) is 0 Å². The molecule has 36 heavy (non-hydrogen) atoms. The van der Waals surface area contributed by atoms with E-state index in [1.807, 2.05) is 0 Å². The summed E-state index contributed by atoms with van der Waals surface area (Å²) in [6.45, 7) is 10.9. The van der Waals surface area contributed by atoms with Gasteiger partial charge in [-0.25, -0.2) is 4.79 Å². The maximum Gasteiger partial charge on any atom is 0.337 e. The minimum atomic E-state index is -0.973. The highest BCUT2D eigenvalue weighted by molar-refractivity contribution is 5.87. The van der Waals surface area contributed by atoms with Gasteiger partial charge in [-0.15, -0.1) is 0 Å². The summed E-state index contributed by atoms with van der Waals surface area (Å²) in [7, 11) is 0. The Morgan fingerprint density at radius 2 is 1.83 bits per heavy atom. The summed E-state index contributed by atoms with van der Waals surface area (Å²) in [5, 5.41) is 9.27. The molecule has 4 nitrogen and oxygen atoms in total. The van der Waals surface area contributed by atoms with Gasteiger partial charge < -0.3 is 9.67 Å². The van der Waals surface area contributed by atoms with Gasteiger partial charge in [-0.2, -0.15) is 0 Å². The topological polar surface area (TPSA) is 59.3 Å². The molecular weight excluding hydrogens is 446 g/mol. The number of aryl methyl sites for hydroxylation is 1. The van der Waals surface area contributed by atoms with E-state index in [9.17, 15) is 14.7 Å². The number of aromatic carboxylic acids is 1. The second-order valence-electron chi connectivity index (χ2n) is 13.7. The van der Waals surface area contributed by atoms with Gasteiger partial charge in [0.05, 0.1) is 5.56 Å². The Bertz CT molecular complexity index is 1010. The summed E-state index contributed by atoms with van der Waals surface area (Å²) in [6.07, 6.45) is 17.9. The van der Waals surface area contributed by atoms with E-state index in [4.69, 9.17) is 0 Å². The predicted molar refractivity (Wildman–Crippen MR) is 145 cm³/mol. The molecule has 4 aliphatic rings. The summed E-state index contributed by atoms with van der Waals surface area (Å²) in [5.41, 5.74) is 1.15. The molecule has 0 bridgehead atoms. The summed E-state index contributed by atoms with van der Waals surface area (Å²) in [6, 6.07) is 2.79. The van der Waals surface area contributed by atoms with Crippen molar-refractivity contribution >= 4 is 5.97 Å². The normalized spacial score (nSPS) is 40.7. The zero-order chi connectivity index (χ0) is 25.7. The molecule has 200 valence electrons. The van der Waals surface area contributed by atoms with Crippen molar-refractivity contribution in [3.8, 4) is 0 Å². The number of hydrogen-bond acceptors (Lipinski definition) is 2. The Morgan fingerprint density at radius 3 is 2.58 bits per heavy atom. The van der Waals surface area contributed by atoms with E-state index in [0.717, 1.165) is 48.3 Å². The van der Waals surface area contributed by atoms with Gasteiger partial charge in [-0.3, -0.25) is 4.79 Å². The van der Waals surface area contributed by atoms with Crippen molar-refractivity contribution in [2.75, 3.05) is 0 Å². The number of nitrogens with zero attached hydrogens (tertiary/aromatic N) is 1. The monoisotopic (exact) mass is 495 g/mol. The SMILES string of the molecule is CC[C@H]1C[C@@H]2[C@H](CC[C@]3(C)[C@@H]([C@H](C)CCCn4cc(C(=O)O)ccc4=O)CC[C@@H]23)[C@@]2(C)CCCC[C@@H]12. The van der Waals surface area contributed by atoms with E-state index in [1.165, 1.54) is 82.5 Å². The van der Waals surface area contributed by atoms with E-state index >= 15 is 0 Å². The van der Waals surface area contributed by atoms with Gasteiger partial charge >= 0.3 is 5.97 Å². The third-order valence-corrected chi connectivity index (χ3v) is 12.3. The van der Waals surface area contributed by atoms with Crippen molar-refractivity contribution in [2.24, 2.45) is 52.3 Å². The molecule has 9 atom stereocenters. The molecule has 4 heteroatoms. The molecular formula is C32H49NO3. The van der Waals surface area contributed by atoms with Crippen molar-refractivity contribution in [1.82, 2.24) is 4.57 Å². The maximum absolute atomic E-state index is 12.2. The fourth-order valence-corrected chi connectivity index (χ4v) is 10.6. The molecule has 1 aromatic heterocycles. The quantitative estimate of drug-likeness (QED) is 0.423. The van der Waals surface area contributed by atoms with Gasteiger partial charge in [0.15, 0.2) is 0 Å². The third-order valence-electron chi connectivity index (χ3n) is 12.3. The second-order valence-corrected chi connectivity index (χ2v) is 13.7. The molecule has 4 aliphatic carbocycles. The smallest absolute Gasteiger partial charge is 0.337 e. The first-order valence-corrected chi connectivity index (χ1v) is 15.1. The van der Waals surface area contributed by atoms with E-state index in [2.05, 4.69) is 27.7 Å². The number of carbonyl (C=O) groups is 1. The summed E-state index contributed by atoms with van der Waals surface area (Å²) < 4.78 is 1.59. The lowest BCUT2D eigenvalue weighted by atomic mass is 9.42. The molecule has 1 aromatic rings. The number of rotatable bonds is 7. The predicted octanol–water partition coefficient (Wildman–Crippen LogP) is 7.65. The molecule has 5 rings (SSSR count). The Hall–Kier alpha value is -1.58. The molecule has 0 amide bonds. The molecule has 4 fully saturated rings. The number of aromatic nitrogens is 1. The molecule has 0 aliphatic heterocycles. The molecule has 0 aromatic carbocycles.